The van der Waals surface area contributed by atoms with E-state index >= 15 is 0 Å². The van der Waals surface area contributed by atoms with E-state index in [1.54, 1.807) is 29.7 Å². The van der Waals surface area contributed by atoms with Gasteiger partial charge in [0.2, 0.25) is 10.0 Å². The lowest BCUT2D eigenvalue weighted by atomic mass is 10.4. The van der Waals surface area contributed by atoms with Gasteiger partial charge in [0, 0.05) is 31.6 Å². The van der Waals surface area contributed by atoms with E-state index in [-0.39, 0.29) is 10.9 Å². The molecule has 0 amide bonds. The predicted octanol–water partition coefficient (Wildman–Crippen LogP) is 0.865. The van der Waals surface area contributed by atoms with E-state index in [1.165, 1.54) is 10.5 Å². The Kier molecular flexibility index (Phi) is 7.01. The van der Waals surface area contributed by atoms with Crippen molar-refractivity contribution in [1.29, 1.82) is 0 Å². The molecule has 1 aromatic rings. The molecule has 8 heteroatoms. The van der Waals surface area contributed by atoms with Gasteiger partial charge in [-0.2, -0.15) is 21.2 Å². The normalized spacial score (nSPS) is 13.8. The molecule has 0 radical (unpaired) electrons. The van der Waals surface area contributed by atoms with E-state index in [0.29, 0.717) is 6.54 Å². The van der Waals surface area contributed by atoms with Crippen LogP contribution in [0.15, 0.2) is 17.3 Å². The van der Waals surface area contributed by atoms with Crippen LogP contribution in [0.5, 0.6) is 0 Å². The van der Waals surface area contributed by atoms with Gasteiger partial charge in [0.15, 0.2) is 0 Å². The highest BCUT2D eigenvalue weighted by Gasteiger charge is 2.26. The Morgan fingerprint density at radius 1 is 1.55 bits per heavy atom. The molecule has 0 aromatic carbocycles. The van der Waals surface area contributed by atoms with E-state index in [4.69, 9.17) is 0 Å². The highest BCUT2D eigenvalue weighted by atomic mass is 32.2. The van der Waals surface area contributed by atoms with E-state index < -0.39 is 10.0 Å². The lowest BCUT2D eigenvalue weighted by Crippen LogP contribution is -2.36. The summed E-state index contributed by atoms with van der Waals surface area (Å²) < 4.78 is 28.0. The smallest absolute Gasteiger partial charge is 0.246 e. The summed E-state index contributed by atoms with van der Waals surface area (Å²) in [4.78, 5) is 0.261. The average Bonchev–Trinajstić information content (AvgIpc) is 2.88. The second kappa shape index (κ2) is 8.02. The van der Waals surface area contributed by atoms with Crippen LogP contribution >= 0.6 is 11.8 Å². The van der Waals surface area contributed by atoms with Crippen LogP contribution in [0.2, 0.25) is 0 Å². The monoisotopic (exact) mass is 320 g/mol. The van der Waals surface area contributed by atoms with E-state index in [0.717, 1.165) is 18.7 Å². The third-order valence-electron chi connectivity index (χ3n) is 3.13. The Morgan fingerprint density at radius 2 is 2.25 bits per heavy atom. The molecular weight excluding hydrogens is 296 g/mol. The Bertz CT molecular complexity index is 501. The minimum Gasteiger partial charge on any atom is -0.320 e. The molecule has 6 nitrogen and oxygen atoms in total. The van der Waals surface area contributed by atoms with Crippen molar-refractivity contribution in [3.8, 4) is 0 Å². The van der Waals surface area contributed by atoms with Gasteiger partial charge in [-0.05, 0) is 33.2 Å². The van der Waals surface area contributed by atoms with Crippen LogP contribution in [0.4, 0.5) is 0 Å². The van der Waals surface area contributed by atoms with Crippen molar-refractivity contribution in [2.24, 2.45) is 0 Å². The topological polar surface area (TPSA) is 67.2 Å². The van der Waals surface area contributed by atoms with Gasteiger partial charge in [-0.1, -0.05) is 0 Å². The summed E-state index contributed by atoms with van der Waals surface area (Å²) in [6.45, 7) is 3.50. The minimum absolute atomic E-state index is 0.0392. The maximum Gasteiger partial charge on any atom is 0.246 e. The van der Waals surface area contributed by atoms with Crippen LogP contribution < -0.4 is 5.32 Å². The summed E-state index contributed by atoms with van der Waals surface area (Å²) in [6.07, 6.45) is 5.91. The first-order valence-electron chi connectivity index (χ1n) is 6.57. The molecule has 0 spiro atoms. The van der Waals surface area contributed by atoms with Crippen molar-refractivity contribution in [3.63, 3.8) is 0 Å². The standard InChI is InChI=1S/C12H24N4O2S2/c1-11(10-19-4)15(3)20(17,18)12-8-14-16(9-12)7-5-6-13-2/h8-9,11,13H,5-7,10H2,1-4H3. The second-order valence-electron chi connectivity index (χ2n) is 4.72. The van der Waals surface area contributed by atoms with E-state index in [2.05, 4.69) is 10.4 Å². The molecule has 0 saturated heterocycles. The van der Waals surface area contributed by atoms with Gasteiger partial charge in [0.1, 0.15) is 4.90 Å². The quantitative estimate of drug-likeness (QED) is 0.684. The number of hydrogen-bond acceptors (Lipinski definition) is 5. The first kappa shape index (κ1) is 17.5. The molecule has 1 unspecified atom stereocenters. The number of nitrogens with one attached hydrogen (secondary N) is 1. The molecule has 0 aliphatic rings. The van der Waals surface area contributed by atoms with Gasteiger partial charge >= 0.3 is 0 Å². The molecule has 1 aromatic heterocycles. The molecule has 1 N–H and O–H groups in total. The number of rotatable bonds is 9. The van der Waals surface area contributed by atoms with Crippen LogP contribution in [0, 0.1) is 0 Å². The maximum atomic E-state index is 12.4. The fourth-order valence-corrected chi connectivity index (χ4v) is 3.88. The van der Waals surface area contributed by atoms with Crippen LogP contribution in [-0.2, 0) is 16.6 Å². The zero-order valence-corrected chi connectivity index (χ0v) is 14.2. The van der Waals surface area contributed by atoms with Crippen molar-refractivity contribution < 1.29 is 8.42 Å². The average molecular weight is 320 g/mol. The van der Waals surface area contributed by atoms with Crippen molar-refractivity contribution in [3.05, 3.63) is 12.4 Å². The number of sulfonamides is 1. The lowest BCUT2D eigenvalue weighted by molar-refractivity contribution is 0.415. The molecule has 1 rings (SSSR count). The molecule has 0 bridgehead atoms. The Hall–Kier alpha value is -0.570. The summed E-state index contributed by atoms with van der Waals surface area (Å²) >= 11 is 1.63. The third-order valence-corrected chi connectivity index (χ3v) is 5.87. The highest BCUT2D eigenvalue weighted by molar-refractivity contribution is 7.98. The maximum absolute atomic E-state index is 12.4. The molecule has 0 aliphatic carbocycles. The van der Waals surface area contributed by atoms with Crippen LogP contribution in [0.1, 0.15) is 13.3 Å². The zero-order valence-electron chi connectivity index (χ0n) is 12.5. The summed E-state index contributed by atoms with van der Waals surface area (Å²) in [6, 6.07) is -0.0392. The lowest BCUT2D eigenvalue weighted by Gasteiger charge is -2.22. The first-order valence-corrected chi connectivity index (χ1v) is 9.41. The Balaban J connectivity index is 2.77. The molecule has 20 heavy (non-hydrogen) atoms. The predicted molar refractivity (Wildman–Crippen MR) is 83.6 cm³/mol. The number of hydrogen-bond donors (Lipinski definition) is 1. The van der Waals surface area contributed by atoms with Gasteiger partial charge in [-0.3, -0.25) is 4.68 Å². The van der Waals surface area contributed by atoms with E-state index in [1.807, 2.05) is 20.2 Å². The summed E-state index contributed by atoms with van der Waals surface area (Å²) in [5.74, 6) is 0.770. The summed E-state index contributed by atoms with van der Waals surface area (Å²) in [5, 5.41) is 7.17. The molecule has 1 atom stereocenters. The number of nitrogens with zero attached hydrogens (tertiary/aromatic N) is 3. The fraction of sp³-hybridized carbons (Fsp3) is 0.750. The molecular formula is C12H24N4O2S2. The Labute approximate surface area is 126 Å². The number of thioether (sulfide) groups is 1. The largest absolute Gasteiger partial charge is 0.320 e. The zero-order chi connectivity index (χ0) is 15.2. The number of aryl methyl sites for hydroxylation is 1. The summed E-state index contributed by atoms with van der Waals surface area (Å²) in [7, 11) is 0.0604. The van der Waals surface area contributed by atoms with Gasteiger partial charge in [-0.15, -0.1) is 0 Å². The third kappa shape index (κ3) is 4.47. The van der Waals surface area contributed by atoms with Crippen LogP contribution in [0.25, 0.3) is 0 Å². The molecule has 0 aliphatic heterocycles. The van der Waals surface area contributed by atoms with Crippen molar-refractivity contribution >= 4 is 21.8 Å². The molecule has 116 valence electrons. The molecule has 0 saturated carbocycles. The van der Waals surface area contributed by atoms with Crippen molar-refractivity contribution in [2.45, 2.75) is 30.8 Å². The van der Waals surface area contributed by atoms with Gasteiger partial charge in [0.25, 0.3) is 0 Å². The van der Waals surface area contributed by atoms with Gasteiger partial charge in [0.05, 0.1) is 6.20 Å². The van der Waals surface area contributed by atoms with E-state index in [9.17, 15) is 8.42 Å². The molecule has 1 heterocycles. The Morgan fingerprint density at radius 3 is 2.85 bits per heavy atom. The van der Waals surface area contributed by atoms with Gasteiger partial charge < -0.3 is 5.32 Å². The highest BCUT2D eigenvalue weighted by Crippen LogP contribution is 2.17. The SMILES string of the molecule is CNCCCn1cc(S(=O)(=O)N(C)C(C)CSC)cn1. The van der Waals surface area contributed by atoms with Crippen molar-refractivity contribution in [1.82, 2.24) is 19.4 Å². The first-order chi connectivity index (χ1) is 9.43. The number of aromatic nitrogens is 2. The summed E-state index contributed by atoms with van der Waals surface area (Å²) in [5.41, 5.74) is 0. The van der Waals surface area contributed by atoms with Crippen molar-refractivity contribution in [2.75, 3.05) is 32.6 Å². The fourth-order valence-electron chi connectivity index (χ4n) is 1.77. The van der Waals surface area contributed by atoms with Crippen LogP contribution in [0.3, 0.4) is 0 Å². The minimum atomic E-state index is -3.45. The second-order valence-corrected chi connectivity index (χ2v) is 7.63. The molecule has 0 fully saturated rings. The van der Waals surface area contributed by atoms with Crippen LogP contribution in [-0.4, -0.2) is 61.2 Å². The van der Waals surface area contributed by atoms with Gasteiger partial charge in [-0.25, -0.2) is 8.42 Å².